The Labute approximate surface area is 222 Å². The number of aromatic nitrogens is 2. The second kappa shape index (κ2) is 13.3. The normalized spacial score (nSPS) is 18.2. The number of ether oxygens (including phenoxy) is 1. The van der Waals surface area contributed by atoms with Crippen LogP contribution in [0.25, 0.3) is 0 Å². The van der Waals surface area contributed by atoms with Crippen LogP contribution in [0, 0.1) is 0 Å². The predicted octanol–water partition coefficient (Wildman–Crippen LogP) is 3.73. The van der Waals surface area contributed by atoms with Crippen LogP contribution >= 0.6 is 11.6 Å². The number of hydrogen-bond acceptors (Lipinski definition) is 6. The van der Waals surface area contributed by atoms with Crippen molar-refractivity contribution in [2.45, 2.75) is 44.8 Å². The summed E-state index contributed by atoms with van der Waals surface area (Å²) in [6, 6.07) is 17.8. The Kier molecular flexibility index (Phi) is 9.57. The van der Waals surface area contributed by atoms with Crippen LogP contribution in [0.3, 0.4) is 0 Å². The molecule has 1 atom stereocenters. The van der Waals surface area contributed by atoms with Crippen LogP contribution in [0.5, 0.6) is 5.75 Å². The second-order valence-corrected chi connectivity index (χ2v) is 9.79. The van der Waals surface area contributed by atoms with Crippen molar-refractivity contribution in [2.75, 3.05) is 32.1 Å². The lowest BCUT2D eigenvalue weighted by Crippen LogP contribution is -2.40. The lowest BCUT2D eigenvalue weighted by molar-refractivity contribution is -0.121. The zero-order valence-electron chi connectivity index (χ0n) is 21.2. The molecule has 8 nitrogen and oxygen atoms in total. The summed E-state index contributed by atoms with van der Waals surface area (Å²) in [5.41, 5.74) is 1.62. The molecule has 1 aliphatic heterocycles. The quantitative estimate of drug-likeness (QED) is 0.532. The fraction of sp³-hybridized carbons (Fsp3) is 0.393. The number of nitrogens with zero attached hydrogens (tertiary/aromatic N) is 3. The number of nitrogens with one attached hydrogen (secondary N) is 2. The van der Waals surface area contributed by atoms with E-state index in [1.807, 2.05) is 42.5 Å². The first kappa shape index (κ1) is 26.7. The van der Waals surface area contributed by atoms with Gasteiger partial charge in [0, 0.05) is 24.7 Å². The van der Waals surface area contributed by atoms with Crippen LogP contribution in [-0.4, -0.2) is 53.1 Å². The standard InChI is InChI=1S/C28H34ClN5O3/c1-33-14-8-3-9-15-37-24-13-7-6-12-22(24)17-30-26(35)20-34-25(29)18-31-27(28(34)36)32-23(19-33)16-21-10-4-2-5-11-21/h2,4-7,10-13,18,23H,3,8-9,14-17,19-20H2,1H3,(H,30,35)(H,31,32)/t23-/m0/s1. The summed E-state index contributed by atoms with van der Waals surface area (Å²) in [6.07, 6.45) is 5.17. The maximum Gasteiger partial charge on any atom is 0.294 e. The molecule has 1 amide bonds. The maximum absolute atomic E-state index is 13.3. The van der Waals surface area contributed by atoms with Crippen molar-refractivity contribution in [1.29, 1.82) is 0 Å². The Hall–Kier alpha value is -3.36. The first-order valence-corrected chi connectivity index (χ1v) is 13.1. The van der Waals surface area contributed by atoms with Crippen LogP contribution in [0.15, 0.2) is 65.6 Å². The third kappa shape index (κ3) is 7.81. The topological polar surface area (TPSA) is 88.5 Å². The van der Waals surface area contributed by atoms with E-state index in [1.54, 1.807) is 0 Å². The molecule has 1 aliphatic rings. The number of halogens is 1. The van der Waals surface area contributed by atoms with Gasteiger partial charge >= 0.3 is 0 Å². The van der Waals surface area contributed by atoms with Gasteiger partial charge in [0.1, 0.15) is 17.4 Å². The van der Waals surface area contributed by atoms with E-state index < -0.39 is 5.56 Å². The lowest BCUT2D eigenvalue weighted by atomic mass is 10.1. The van der Waals surface area contributed by atoms with Crippen LogP contribution < -0.4 is 20.9 Å². The summed E-state index contributed by atoms with van der Waals surface area (Å²) >= 11 is 6.29. The van der Waals surface area contributed by atoms with Crippen LogP contribution in [0.1, 0.15) is 30.4 Å². The number of fused-ring (bicyclic) bond motifs is 3. The second-order valence-electron chi connectivity index (χ2n) is 9.41. The van der Waals surface area contributed by atoms with Crippen molar-refractivity contribution in [1.82, 2.24) is 19.8 Å². The van der Waals surface area contributed by atoms with Crippen molar-refractivity contribution >= 4 is 23.3 Å². The number of rotatable bonds is 2. The molecule has 9 heteroatoms. The van der Waals surface area contributed by atoms with Crippen LogP contribution in [0.4, 0.5) is 5.82 Å². The van der Waals surface area contributed by atoms with Crippen molar-refractivity contribution < 1.29 is 9.53 Å². The van der Waals surface area contributed by atoms with E-state index in [1.165, 1.54) is 10.8 Å². The minimum atomic E-state index is -0.426. The van der Waals surface area contributed by atoms with Gasteiger partial charge in [0.2, 0.25) is 5.91 Å². The van der Waals surface area contributed by atoms with Gasteiger partial charge in [0.15, 0.2) is 5.82 Å². The van der Waals surface area contributed by atoms with Gasteiger partial charge in [-0.15, -0.1) is 0 Å². The lowest BCUT2D eigenvalue weighted by Gasteiger charge is -2.26. The Morgan fingerprint density at radius 3 is 2.68 bits per heavy atom. The third-order valence-corrected chi connectivity index (χ3v) is 6.70. The highest BCUT2D eigenvalue weighted by molar-refractivity contribution is 6.29. The van der Waals surface area contributed by atoms with Gasteiger partial charge in [-0.25, -0.2) is 4.98 Å². The molecule has 0 saturated heterocycles. The molecule has 0 unspecified atom stereocenters. The summed E-state index contributed by atoms with van der Waals surface area (Å²) in [4.78, 5) is 32.6. The first-order chi connectivity index (χ1) is 18.0. The minimum absolute atomic E-state index is 0.0593. The number of likely N-dealkylation sites (N-methyl/N-ethyl adjacent to an activating group) is 1. The van der Waals surface area contributed by atoms with Gasteiger partial charge in [-0.1, -0.05) is 60.1 Å². The highest BCUT2D eigenvalue weighted by Gasteiger charge is 2.18. The van der Waals surface area contributed by atoms with Gasteiger partial charge in [-0.2, -0.15) is 0 Å². The summed E-state index contributed by atoms with van der Waals surface area (Å²) in [7, 11) is 2.09. The molecule has 2 aromatic carbocycles. The largest absolute Gasteiger partial charge is 0.493 e. The first-order valence-electron chi connectivity index (χ1n) is 12.7. The van der Waals surface area contributed by atoms with E-state index in [4.69, 9.17) is 16.3 Å². The molecule has 0 radical (unpaired) electrons. The zero-order chi connectivity index (χ0) is 26.0. The van der Waals surface area contributed by atoms with Crippen molar-refractivity contribution in [3.05, 3.63) is 87.4 Å². The fourth-order valence-electron chi connectivity index (χ4n) is 4.46. The van der Waals surface area contributed by atoms with Crippen molar-refractivity contribution in [3.63, 3.8) is 0 Å². The van der Waals surface area contributed by atoms with Gasteiger partial charge in [0.05, 0.1) is 12.8 Å². The van der Waals surface area contributed by atoms with Gasteiger partial charge < -0.3 is 20.3 Å². The number of carbonyl (C=O) groups is 1. The van der Waals surface area contributed by atoms with E-state index in [0.717, 1.165) is 55.6 Å². The van der Waals surface area contributed by atoms with Crippen LogP contribution in [0.2, 0.25) is 5.15 Å². The summed E-state index contributed by atoms with van der Waals surface area (Å²) in [5, 5.41) is 6.33. The summed E-state index contributed by atoms with van der Waals surface area (Å²) < 4.78 is 7.25. The summed E-state index contributed by atoms with van der Waals surface area (Å²) in [6.45, 7) is 2.36. The Bertz CT molecular complexity index is 1230. The SMILES string of the molecule is CN1CCCCCOc2ccccc2CNC(=O)Cn2c(Cl)cnc(c2=O)N[C@@H](Cc2ccccc2)C1. The highest BCUT2D eigenvalue weighted by Crippen LogP contribution is 2.19. The molecule has 1 aromatic heterocycles. The van der Waals surface area contributed by atoms with Crippen LogP contribution in [-0.2, 0) is 24.3 Å². The molecule has 0 aliphatic carbocycles. The van der Waals surface area contributed by atoms with Crippen molar-refractivity contribution in [3.8, 4) is 5.75 Å². The molecular weight excluding hydrogens is 490 g/mol. The minimum Gasteiger partial charge on any atom is -0.493 e. The van der Waals surface area contributed by atoms with E-state index in [2.05, 4.69) is 39.7 Å². The number of benzene rings is 2. The number of amides is 1. The van der Waals surface area contributed by atoms with E-state index in [-0.39, 0.29) is 29.5 Å². The molecular formula is C28H34ClN5O3. The average Bonchev–Trinajstić information content (AvgIpc) is 2.89. The molecule has 196 valence electrons. The van der Waals surface area contributed by atoms with Crippen molar-refractivity contribution in [2.24, 2.45) is 0 Å². The van der Waals surface area contributed by atoms with E-state index in [9.17, 15) is 9.59 Å². The summed E-state index contributed by atoms with van der Waals surface area (Å²) in [5.74, 6) is 0.616. The number of hydrogen-bond donors (Lipinski definition) is 2. The molecule has 2 bridgehead atoms. The third-order valence-electron chi connectivity index (χ3n) is 6.40. The molecule has 0 saturated carbocycles. The predicted molar refractivity (Wildman–Crippen MR) is 146 cm³/mol. The number of para-hydroxylation sites is 1. The molecule has 0 fully saturated rings. The van der Waals surface area contributed by atoms with Gasteiger partial charge in [0.25, 0.3) is 5.56 Å². The number of carbonyl (C=O) groups excluding carboxylic acids is 1. The van der Waals surface area contributed by atoms with Gasteiger partial charge in [-0.05, 0) is 50.9 Å². The smallest absolute Gasteiger partial charge is 0.294 e. The Balaban J connectivity index is 1.58. The molecule has 0 spiro atoms. The maximum atomic E-state index is 13.3. The molecule has 2 heterocycles. The molecule has 37 heavy (non-hydrogen) atoms. The average molecular weight is 524 g/mol. The monoisotopic (exact) mass is 523 g/mol. The van der Waals surface area contributed by atoms with E-state index >= 15 is 0 Å². The van der Waals surface area contributed by atoms with Gasteiger partial charge in [-0.3, -0.25) is 14.2 Å². The molecule has 3 aromatic rings. The number of anilines is 1. The molecule has 2 N–H and O–H groups in total. The van der Waals surface area contributed by atoms with E-state index in [0.29, 0.717) is 13.2 Å². The molecule has 4 rings (SSSR count). The highest BCUT2D eigenvalue weighted by atomic mass is 35.5. The Morgan fingerprint density at radius 1 is 1.05 bits per heavy atom. The Morgan fingerprint density at radius 2 is 1.84 bits per heavy atom. The zero-order valence-corrected chi connectivity index (χ0v) is 21.9. The fourth-order valence-corrected chi connectivity index (χ4v) is 4.65.